The Morgan fingerprint density at radius 3 is 2.06 bits per heavy atom. The predicted molar refractivity (Wildman–Crippen MR) is 128 cm³/mol. The average Bonchev–Trinajstić information content (AvgIpc) is 2.67. The molecule has 2 amide bonds. The molecule has 0 aliphatic heterocycles. The van der Waals surface area contributed by atoms with Gasteiger partial charge in [-0.3, -0.25) is 4.55 Å². The van der Waals surface area contributed by atoms with Gasteiger partial charge in [-0.2, -0.15) is 8.42 Å². The first kappa shape index (κ1) is 27.0. The molecular weight excluding hydrogens is 533 g/mol. The summed E-state index contributed by atoms with van der Waals surface area (Å²) in [5.74, 6) is -0.150. The van der Waals surface area contributed by atoms with Crippen LogP contribution in [-0.2, 0) is 10.1 Å². The van der Waals surface area contributed by atoms with E-state index in [-0.39, 0.29) is 61.8 Å². The minimum atomic E-state index is -4.63. The molecule has 163 valence electrons. The summed E-state index contributed by atoms with van der Waals surface area (Å²) in [6.45, 7) is 0. The number of nitrogens with one attached hydrogen (secondary N) is 2. The molecule has 13 heteroatoms. The Labute approximate surface area is 226 Å². The number of carbonyl (C=O) groups excluding carboxylic acids is 1. The normalized spacial score (nSPS) is 10.8. The van der Waals surface area contributed by atoms with Crippen molar-refractivity contribution in [3.05, 3.63) is 74.7 Å². The number of hydrogen-bond acceptors (Lipinski definition) is 4. The van der Waals surface area contributed by atoms with Crippen LogP contribution in [0.4, 0.5) is 16.2 Å². The molecule has 0 heterocycles. The molecule has 0 aliphatic carbocycles. The smallest absolute Gasteiger partial charge is 0.323 e. The van der Waals surface area contributed by atoms with E-state index < -0.39 is 21.0 Å². The van der Waals surface area contributed by atoms with Gasteiger partial charge in [-0.15, -0.1) is 0 Å². The maximum atomic E-state index is 12.4. The zero-order valence-electron chi connectivity index (χ0n) is 16.2. The fourth-order valence-electron chi connectivity index (χ4n) is 2.43. The Bertz CT molecular complexity index is 1270. The van der Waals surface area contributed by atoms with Crippen molar-refractivity contribution in [3.8, 4) is 11.5 Å². The number of urea groups is 1. The minimum absolute atomic E-state index is 0. The van der Waals surface area contributed by atoms with Gasteiger partial charge in [0.05, 0.1) is 15.7 Å². The predicted octanol–water partition coefficient (Wildman–Crippen LogP) is 6.60. The van der Waals surface area contributed by atoms with Crippen LogP contribution >= 0.6 is 46.4 Å². The van der Waals surface area contributed by atoms with Crippen LogP contribution in [-0.4, -0.2) is 48.6 Å². The summed E-state index contributed by atoms with van der Waals surface area (Å²) >= 11 is 23.6. The number of carbonyl (C=O) groups is 1. The number of hydrogen-bond donors (Lipinski definition) is 3. The Hall–Kier alpha value is -1.20. The van der Waals surface area contributed by atoms with Crippen molar-refractivity contribution < 1.29 is 22.5 Å². The van der Waals surface area contributed by atoms with E-state index in [4.69, 9.17) is 51.1 Å². The molecule has 3 rings (SSSR count). The monoisotopic (exact) mass is 543 g/mol. The van der Waals surface area contributed by atoms with E-state index in [1.54, 1.807) is 6.07 Å². The summed E-state index contributed by atoms with van der Waals surface area (Å²) in [5.41, 5.74) is 0.504. The van der Waals surface area contributed by atoms with Crippen LogP contribution in [0.15, 0.2) is 59.5 Å². The third kappa shape index (κ3) is 7.15. The third-order valence-corrected chi connectivity index (χ3v) is 5.85. The number of rotatable bonds is 5. The van der Waals surface area contributed by atoms with E-state index in [0.29, 0.717) is 10.7 Å². The Kier molecular flexibility index (Phi) is 9.54. The van der Waals surface area contributed by atoms with Crippen LogP contribution < -0.4 is 15.4 Å². The van der Waals surface area contributed by atoms with Gasteiger partial charge in [-0.1, -0.05) is 46.4 Å². The Morgan fingerprint density at radius 1 is 0.812 bits per heavy atom. The van der Waals surface area contributed by atoms with Gasteiger partial charge in [0.1, 0.15) is 10.6 Å². The second-order valence-electron chi connectivity index (χ2n) is 6.02. The van der Waals surface area contributed by atoms with Gasteiger partial charge in [0, 0.05) is 45.3 Å². The van der Waals surface area contributed by atoms with E-state index >= 15 is 0 Å². The molecule has 3 aromatic rings. The largest absolute Gasteiger partial charge is 0.454 e. The van der Waals surface area contributed by atoms with Crippen molar-refractivity contribution in [2.45, 2.75) is 4.90 Å². The SMILES string of the molecule is O=C(Nc1ccc(Cl)c(Cl)c1)Nc1cc(Cl)ccc1Oc1ccc(Cl)cc1S(=O)(=O)O.[Na]. The van der Waals surface area contributed by atoms with Gasteiger partial charge in [0.25, 0.3) is 10.1 Å². The van der Waals surface area contributed by atoms with Crippen molar-refractivity contribution in [2.24, 2.45) is 0 Å². The fourth-order valence-corrected chi connectivity index (χ4v) is 3.78. The molecule has 32 heavy (non-hydrogen) atoms. The van der Waals surface area contributed by atoms with E-state index in [9.17, 15) is 17.8 Å². The van der Waals surface area contributed by atoms with E-state index in [1.807, 2.05) is 0 Å². The summed E-state index contributed by atoms with van der Waals surface area (Å²) in [6, 6.07) is 11.8. The third-order valence-electron chi connectivity index (χ3n) is 3.77. The molecule has 3 aromatic carbocycles. The number of ether oxygens (including phenoxy) is 1. The summed E-state index contributed by atoms with van der Waals surface area (Å²) < 4.78 is 38.4. The number of benzene rings is 3. The van der Waals surface area contributed by atoms with E-state index in [2.05, 4.69) is 10.6 Å². The van der Waals surface area contributed by atoms with Crippen LogP contribution in [0.25, 0.3) is 0 Å². The van der Waals surface area contributed by atoms with Crippen LogP contribution in [0.2, 0.25) is 20.1 Å². The maximum Gasteiger partial charge on any atom is 0.323 e. The fraction of sp³-hybridized carbons (Fsp3) is 0. The van der Waals surface area contributed by atoms with Crippen molar-refractivity contribution in [3.63, 3.8) is 0 Å². The maximum absolute atomic E-state index is 12.4. The van der Waals surface area contributed by atoms with Gasteiger partial charge in [-0.25, -0.2) is 4.79 Å². The zero-order chi connectivity index (χ0) is 22.8. The molecule has 0 aromatic heterocycles. The number of halogens is 4. The molecule has 0 atom stereocenters. The zero-order valence-corrected chi connectivity index (χ0v) is 22.0. The molecule has 0 fully saturated rings. The first-order valence-electron chi connectivity index (χ1n) is 8.30. The summed E-state index contributed by atoms with van der Waals surface area (Å²) in [7, 11) is -4.63. The van der Waals surface area contributed by atoms with Crippen LogP contribution in [0.3, 0.4) is 0 Å². The molecule has 7 nitrogen and oxygen atoms in total. The molecule has 3 N–H and O–H groups in total. The molecular formula is C19H12Cl4N2NaO5S. The summed E-state index contributed by atoms with van der Waals surface area (Å²) in [5, 5.41) is 6.06. The quantitative estimate of drug-likeness (QED) is 0.248. The average molecular weight is 545 g/mol. The minimum Gasteiger partial charge on any atom is -0.454 e. The second kappa shape index (κ2) is 11.3. The Balaban J connectivity index is 0.00000363. The molecule has 0 bridgehead atoms. The first-order chi connectivity index (χ1) is 14.5. The van der Waals surface area contributed by atoms with Gasteiger partial charge in [-0.05, 0) is 54.6 Å². The van der Waals surface area contributed by atoms with Crippen LogP contribution in [0.1, 0.15) is 0 Å². The van der Waals surface area contributed by atoms with Crippen LogP contribution in [0, 0.1) is 0 Å². The summed E-state index contributed by atoms with van der Waals surface area (Å²) in [4.78, 5) is 11.9. The van der Waals surface area contributed by atoms with Crippen molar-refractivity contribution in [1.29, 1.82) is 0 Å². The number of anilines is 2. The Morgan fingerprint density at radius 2 is 1.44 bits per heavy atom. The molecule has 0 saturated carbocycles. The van der Waals surface area contributed by atoms with E-state index in [0.717, 1.165) is 6.07 Å². The second-order valence-corrected chi connectivity index (χ2v) is 9.09. The molecule has 0 saturated heterocycles. The standard InChI is InChI=1S/C19H12Cl4N2O5S.Na/c20-10-1-5-16(30-17-6-2-11(21)8-18(17)31(27,28)29)15(7-10)25-19(26)24-12-3-4-13(22)14(23)9-12;/h1-9H,(H2,24,25,26)(H,27,28,29);. The van der Waals surface area contributed by atoms with Crippen molar-refractivity contribution in [2.75, 3.05) is 10.6 Å². The van der Waals surface area contributed by atoms with E-state index in [1.165, 1.54) is 42.5 Å². The molecule has 1 radical (unpaired) electrons. The molecule has 0 spiro atoms. The first-order valence-corrected chi connectivity index (χ1v) is 11.3. The number of amides is 2. The summed E-state index contributed by atoms with van der Waals surface area (Å²) in [6.07, 6.45) is 0. The van der Waals surface area contributed by atoms with Crippen molar-refractivity contribution >= 4 is 103 Å². The topological polar surface area (TPSA) is 105 Å². The molecule has 0 unspecified atom stereocenters. The van der Waals surface area contributed by atoms with Crippen LogP contribution in [0.5, 0.6) is 11.5 Å². The van der Waals surface area contributed by atoms with Gasteiger partial charge in [0.15, 0.2) is 5.75 Å². The van der Waals surface area contributed by atoms with Gasteiger partial charge >= 0.3 is 6.03 Å². The van der Waals surface area contributed by atoms with Gasteiger partial charge in [0.2, 0.25) is 0 Å². The van der Waals surface area contributed by atoms with Gasteiger partial charge < -0.3 is 15.4 Å². The molecule has 0 aliphatic rings. The van der Waals surface area contributed by atoms with Crippen molar-refractivity contribution in [1.82, 2.24) is 0 Å².